The third kappa shape index (κ3) is 4.33. The van der Waals surface area contributed by atoms with Gasteiger partial charge in [-0.25, -0.2) is 4.79 Å². The van der Waals surface area contributed by atoms with Crippen LogP contribution in [0.1, 0.15) is 25.8 Å². The van der Waals surface area contributed by atoms with Crippen LogP contribution in [-0.2, 0) is 14.3 Å². The zero-order valence-corrected chi connectivity index (χ0v) is 12.6. The number of benzene rings is 1. The first-order valence-corrected chi connectivity index (χ1v) is 6.86. The normalized spacial score (nSPS) is 11.9. The van der Waals surface area contributed by atoms with Gasteiger partial charge in [0.2, 0.25) is 5.89 Å². The Hall–Kier alpha value is -2.81. The summed E-state index contributed by atoms with van der Waals surface area (Å²) >= 11 is 0. The summed E-state index contributed by atoms with van der Waals surface area (Å²) in [5, 5.41) is 18.3. The average Bonchev–Trinajstić information content (AvgIpc) is 3.03. The number of ether oxygens (including phenoxy) is 2. The summed E-state index contributed by atoms with van der Waals surface area (Å²) in [6.07, 6.45) is -0.720. The van der Waals surface area contributed by atoms with E-state index in [0.29, 0.717) is 12.2 Å². The fourth-order valence-corrected chi connectivity index (χ4v) is 1.71. The van der Waals surface area contributed by atoms with Gasteiger partial charge in [-0.2, -0.15) is 0 Å². The van der Waals surface area contributed by atoms with Gasteiger partial charge in [-0.3, -0.25) is 10.1 Å². The maximum absolute atomic E-state index is 11.5. The first-order chi connectivity index (χ1) is 11.0. The van der Waals surface area contributed by atoms with E-state index in [1.807, 2.05) is 0 Å². The molecule has 0 radical (unpaired) electrons. The Morgan fingerprint density at radius 2 is 2.04 bits per heavy atom. The number of carbonyl (C=O) groups is 1. The largest absolute Gasteiger partial charge is 0.451 e. The van der Waals surface area contributed by atoms with E-state index in [-0.39, 0.29) is 24.1 Å². The van der Waals surface area contributed by atoms with Crippen molar-refractivity contribution in [2.75, 3.05) is 13.2 Å². The van der Waals surface area contributed by atoms with Crippen LogP contribution in [0.2, 0.25) is 0 Å². The maximum atomic E-state index is 11.5. The number of hydrogen-bond donors (Lipinski definition) is 0. The molecule has 0 saturated carbocycles. The number of esters is 1. The van der Waals surface area contributed by atoms with E-state index in [0.717, 1.165) is 0 Å². The first-order valence-electron chi connectivity index (χ1n) is 6.86. The first kappa shape index (κ1) is 16.6. The lowest BCUT2D eigenvalue weighted by Gasteiger charge is -2.08. The van der Waals surface area contributed by atoms with Gasteiger partial charge in [0.05, 0.1) is 4.92 Å². The van der Waals surface area contributed by atoms with E-state index in [2.05, 4.69) is 10.2 Å². The van der Waals surface area contributed by atoms with Gasteiger partial charge in [-0.05, 0) is 26.0 Å². The van der Waals surface area contributed by atoms with Gasteiger partial charge in [0.15, 0.2) is 6.10 Å². The van der Waals surface area contributed by atoms with Gasteiger partial charge in [-0.15, -0.1) is 10.2 Å². The maximum Gasteiger partial charge on any atom is 0.332 e. The standard InChI is InChI=1S/C14H15N3O6/c1-3-21-8-12(18)22-9(2)13-15-16-14(23-13)10-4-6-11(7-5-10)17(19)20/h4-7,9H,3,8H2,1-2H3/t9-/m0/s1. The van der Waals surface area contributed by atoms with Crippen LogP contribution < -0.4 is 0 Å². The molecule has 0 spiro atoms. The summed E-state index contributed by atoms with van der Waals surface area (Å²) in [6.45, 7) is 3.63. The number of aromatic nitrogens is 2. The molecular weight excluding hydrogens is 306 g/mol. The summed E-state index contributed by atoms with van der Waals surface area (Å²) in [5.74, 6) is -0.222. The highest BCUT2D eigenvalue weighted by Gasteiger charge is 2.19. The lowest BCUT2D eigenvalue weighted by molar-refractivity contribution is -0.384. The molecule has 0 unspecified atom stereocenters. The summed E-state index contributed by atoms with van der Waals surface area (Å²) in [4.78, 5) is 21.6. The van der Waals surface area contributed by atoms with Crippen molar-refractivity contribution < 1.29 is 23.6 Å². The molecule has 2 aromatic rings. The number of carbonyl (C=O) groups excluding carboxylic acids is 1. The molecule has 1 heterocycles. The van der Waals surface area contributed by atoms with Gasteiger partial charge >= 0.3 is 5.97 Å². The third-order valence-electron chi connectivity index (χ3n) is 2.85. The zero-order chi connectivity index (χ0) is 16.8. The predicted octanol–water partition coefficient (Wildman–Crippen LogP) is 2.29. The number of hydrogen-bond acceptors (Lipinski definition) is 8. The van der Waals surface area contributed by atoms with Crippen molar-refractivity contribution in [3.63, 3.8) is 0 Å². The van der Waals surface area contributed by atoms with Crippen LogP contribution in [0.25, 0.3) is 11.5 Å². The second-order valence-corrected chi connectivity index (χ2v) is 4.52. The Labute approximate surface area is 131 Å². The summed E-state index contributed by atoms with van der Waals surface area (Å²) in [5.41, 5.74) is 0.494. The quantitative estimate of drug-likeness (QED) is 0.433. The molecule has 9 nitrogen and oxygen atoms in total. The molecule has 0 fully saturated rings. The minimum Gasteiger partial charge on any atom is -0.451 e. The molecule has 0 aliphatic carbocycles. The van der Waals surface area contributed by atoms with Crippen LogP contribution in [-0.4, -0.2) is 34.3 Å². The van der Waals surface area contributed by atoms with Crippen molar-refractivity contribution in [2.45, 2.75) is 20.0 Å². The van der Waals surface area contributed by atoms with E-state index in [9.17, 15) is 14.9 Å². The second-order valence-electron chi connectivity index (χ2n) is 4.52. The van der Waals surface area contributed by atoms with Crippen LogP contribution in [0.5, 0.6) is 0 Å². The van der Waals surface area contributed by atoms with Crippen molar-refractivity contribution in [1.82, 2.24) is 10.2 Å². The van der Waals surface area contributed by atoms with Crippen LogP contribution in [0, 0.1) is 10.1 Å². The third-order valence-corrected chi connectivity index (χ3v) is 2.85. The number of nitro groups is 1. The van der Waals surface area contributed by atoms with Crippen molar-refractivity contribution in [1.29, 1.82) is 0 Å². The molecule has 0 saturated heterocycles. The number of non-ortho nitro benzene ring substituents is 1. The molecule has 23 heavy (non-hydrogen) atoms. The molecule has 0 amide bonds. The Morgan fingerprint density at radius 3 is 2.65 bits per heavy atom. The summed E-state index contributed by atoms with van der Waals surface area (Å²) in [6, 6.07) is 5.68. The van der Waals surface area contributed by atoms with E-state index in [1.54, 1.807) is 13.8 Å². The number of rotatable bonds is 7. The summed E-state index contributed by atoms with van der Waals surface area (Å²) < 4.78 is 15.5. The molecule has 0 aliphatic rings. The van der Waals surface area contributed by atoms with Gasteiger partial charge in [0.25, 0.3) is 11.6 Å². The Kier molecular flexibility index (Phi) is 5.36. The van der Waals surface area contributed by atoms with Crippen LogP contribution in [0.15, 0.2) is 28.7 Å². The molecule has 122 valence electrons. The molecular formula is C14H15N3O6. The van der Waals surface area contributed by atoms with Crippen molar-refractivity contribution in [3.05, 3.63) is 40.3 Å². The van der Waals surface area contributed by atoms with Crippen LogP contribution in [0.3, 0.4) is 0 Å². The Morgan fingerprint density at radius 1 is 1.35 bits per heavy atom. The second kappa shape index (κ2) is 7.45. The zero-order valence-electron chi connectivity index (χ0n) is 12.6. The minimum atomic E-state index is -0.720. The van der Waals surface area contributed by atoms with E-state index in [4.69, 9.17) is 13.9 Å². The van der Waals surface area contributed by atoms with Gasteiger partial charge in [0, 0.05) is 24.3 Å². The predicted molar refractivity (Wildman–Crippen MR) is 77.4 cm³/mol. The molecule has 1 atom stereocenters. The van der Waals surface area contributed by atoms with E-state index < -0.39 is 17.0 Å². The van der Waals surface area contributed by atoms with Gasteiger partial charge in [-0.1, -0.05) is 0 Å². The Balaban J connectivity index is 2.04. The van der Waals surface area contributed by atoms with Crippen LogP contribution in [0.4, 0.5) is 5.69 Å². The topological polar surface area (TPSA) is 118 Å². The lowest BCUT2D eigenvalue weighted by atomic mass is 10.2. The number of nitrogens with zero attached hydrogens (tertiary/aromatic N) is 3. The monoisotopic (exact) mass is 321 g/mol. The van der Waals surface area contributed by atoms with Gasteiger partial charge in [0.1, 0.15) is 6.61 Å². The highest BCUT2D eigenvalue weighted by Crippen LogP contribution is 2.24. The van der Waals surface area contributed by atoms with Crippen molar-refractivity contribution in [2.24, 2.45) is 0 Å². The molecule has 1 aromatic carbocycles. The van der Waals surface area contributed by atoms with E-state index in [1.165, 1.54) is 24.3 Å². The fourth-order valence-electron chi connectivity index (χ4n) is 1.71. The lowest BCUT2D eigenvalue weighted by Crippen LogP contribution is -2.15. The van der Waals surface area contributed by atoms with Gasteiger partial charge < -0.3 is 13.9 Å². The SMILES string of the molecule is CCOCC(=O)O[C@@H](C)c1nnc(-c2ccc([N+](=O)[O-])cc2)o1. The van der Waals surface area contributed by atoms with Crippen molar-refractivity contribution in [3.8, 4) is 11.5 Å². The average molecular weight is 321 g/mol. The van der Waals surface area contributed by atoms with E-state index >= 15 is 0 Å². The fraction of sp³-hybridized carbons (Fsp3) is 0.357. The minimum absolute atomic E-state index is 0.0355. The highest BCUT2D eigenvalue weighted by molar-refractivity contribution is 5.70. The van der Waals surface area contributed by atoms with Crippen LogP contribution >= 0.6 is 0 Å². The molecule has 0 N–H and O–H groups in total. The van der Waals surface area contributed by atoms with Crippen molar-refractivity contribution >= 4 is 11.7 Å². The highest BCUT2D eigenvalue weighted by atomic mass is 16.6. The molecule has 0 aliphatic heterocycles. The smallest absolute Gasteiger partial charge is 0.332 e. The summed E-state index contributed by atoms with van der Waals surface area (Å²) in [7, 11) is 0. The molecule has 1 aromatic heterocycles. The number of nitro benzene ring substituents is 1. The molecule has 0 bridgehead atoms. The Bertz CT molecular complexity index is 682. The molecule has 9 heteroatoms. The molecule has 2 rings (SSSR count).